The van der Waals surface area contributed by atoms with Crippen molar-refractivity contribution in [2.75, 3.05) is 26.8 Å². The van der Waals surface area contributed by atoms with Gasteiger partial charge in [-0.05, 0) is 31.7 Å². The Labute approximate surface area is 113 Å². The van der Waals surface area contributed by atoms with Crippen LogP contribution in [0.5, 0.6) is 0 Å². The summed E-state index contributed by atoms with van der Waals surface area (Å²) >= 11 is 0. The van der Waals surface area contributed by atoms with Crippen LogP contribution in [-0.2, 0) is 21.3 Å². The zero-order valence-corrected chi connectivity index (χ0v) is 11.9. The molecule has 0 fully saturated rings. The van der Waals surface area contributed by atoms with E-state index >= 15 is 0 Å². The summed E-state index contributed by atoms with van der Waals surface area (Å²) in [6.07, 6.45) is 0. The molecule has 0 aromatic heterocycles. The second kappa shape index (κ2) is 7.54. The summed E-state index contributed by atoms with van der Waals surface area (Å²) in [5.74, 6) is -0.760. The van der Waals surface area contributed by atoms with Crippen molar-refractivity contribution in [3.8, 4) is 0 Å². The van der Waals surface area contributed by atoms with E-state index in [4.69, 9.17) is 4.74 Å². The van der Waals surface area contributed by atoms with Crippen molar-refractivity contribution in [2.45, 2.75) is 18.4 Å². The van der Waals surface area contributed by atoms with Crippen molar-refractivity contribution in [3.05, 3.63) is 29.6 Å². The van der Waals surface area contributed by atoms with Crippen LogP contribution in [0.4, 0.5) is 4.39 Å². The molecule has 1 rings (SSSR count). The molecular weight excluding hydrogens is 271 g/mol. The molecule has 0 aliphatic rings. The summed E-state index contributed by atoms with van der Waals surface area (Å²) in [6.45, 7) is 3.17. The zero-order chi connectivity index (χ0) is 14.3. The lowest BCUT2D eigenvalue weighted by Crippen LogP contribution is -2.28. The van der Waals surface area contributed by atoms with E-state index in [1.807, 2.05) is 6.92 Å². The second-order valence-corrected chi connectivity index (χ2v) is 5.63. The number of halogens is 1. The average Bonchev–Trinajstić information content (AvgIpc) is 2.37. The molecule has 108 valence electrons. The number of hydrogen-bond acceptors (Lipinski definition) is 4. The summed E-state index contributed by atoms with van der Waals surface area (Å²) in [6, 6.07) is 4.03. The Morgan fingerprint density at radius 3 is 2.74 bits per heavy atom. The van der Waals surface area contributed by atoms with E-state index in [0.29, 0.717) is 18.7 Å². The SMILES string of the molecule is CCOCCNS(=O)(=O)c1cc(CNC)ccc1F. The molecule has 7 heteroatoms. The molecule has 0 saturated heterocycles. The van der Waals surface area contributed by atoms with E-state index in [1.165, 1.54) is 6.07 Å². The number of benzene rings is 1. The molecule has 0 saturated carbocycles. The maximum Gasteiger partial charge on any atom is 0.243 e. The van der Waals surface area contributed by atoms with Crippen molar-refractivity contribution in [1.29, 1.82) is 0 Å². The van der Waals surface area contributed by atoms with Crippen LogP contribution in [0, 0.1) is 5.82 Å². The van der Waals surface area contributed by atoms with Gasteiger partial charge in [-0.1, -0.05) is 6.07 Å². The first kappa shape index (κ1) is 16.0. The largest absolute Gasteiger partial charge is 0.380 e. The Morgan fingerprint density at radius 2 is 2.11 bits per heavy atom. The highest BCUT2D eigenvalue weighted by Crippen LogP contribution is 2.16. The van der Waals surface area contributed by atoms with Crippen molar-refractivity contribution in [2.24, 2.45) is 0 Å². The van der Waals surface area contributed by atoms with Gasteiger partial charge in [0.05, 0.1) is 6.61 Å². The van der Waals surface area contributed by atoms with E-state index in [0.717, 1.165) is 6.07 Å². The predicted octanol–water partition coefficient (Wildman–Crippen LogP) is 0.860. The fourth-order valence-electron chi connectivity index (χ4n) is 1.54. The lowest BCUT2D eigenvalue weighted by Gasteiger charge is -2.09. The summed E-state index contributed by atoms with van der Waals surface area (Å²) in [4.78, 5) is -0.336. The van der Waals surface area contributed by atoms with Crippen molar-refractivity contribution in [1.82, 2.24) is 10.0 Å². The normalized spacial score (nSPS) is 11.7. The fourth-order valence-corrected chi connectivity index (χ4v) is 2.68. The van der Waals surface area contributed by atoms with E-state index in [1.54, 1.807) is 13.1 Å². The van der Waals surface area contributed by atoms with Gasteiger partial charge < -0.3 is 10.1 Å². The van der Waals surface area contributed by atoms with Gasteiger partial charge in [-0.25, -0.2) is 17.5 Å². The molecule has 0 spiro atoms. The van der Waals surface area contributed by atoms with Crippen molar-refractivity contribution in [3.63, 3.8) is 0 Å². The van der Waals surface area contributed by atoms with Crippen molar-refractivity contribution < 1.29 is 17.5 Å². The van der Waals surface area contributed by atoms with Gasteiger partial charge in [0, 0.05) is 19.7 Å². The van der Waals surface area contributed by atoms with Gasteiger partial charge in [-0.3, -0.25) is 0 Å². The van der Waals surface area contributed by atoms with E-state index in [2.05, 4.69) is 10.0 Å². The van der Waals surface area contributed by atoms with Crippen LogP contribution in [-0.4, -0.2) is 35.2 Å². The molecule has 0 bridgehead atoms. The number of hydrogen-bond donors (Lipinski definition) is 2. The van der Waals surface area contributed by atoms with E-state index < -0.39 is 15.8 Å². The van der Waals surface area contributed by atoms with Crippen LogP contribution in [0.25, 0.3) is 0 Å². The monoisotopic (exact) mass is 290 g/mol. The average molecular weight is 290 g/mol. The quantitative estimate of drug-likeness (QED) is 0.697. The summed E-state index contributed by atoms with van der Waals surface area (Å²) in [5, 5.41) is 2.88. The Bertz CT molecular complexity index is 506. The molecule has 5 nitrogen and oxygen atoms in total. The molecule has 19 heavy (non-hydrogen) atoms. The maximum atomic E-state index is 13.6. The molecule has 0 radical (unpaired) electrons. The minimum atomic E-state index is -3.85. The summed E-state index contributed by atoms with van der Waals surface area (Å²) < 4.78 is 44.8. The summed E-state index contributed by atoms with van der Waals surface area (Å²) in [5.41, 5.74) is 0.703. The molecule has 1 aromatic carbocycles. The number of rotatable bonds is 8. The maximum absolute atomic E-state index is 13.6. The van der Waals surface area contributed by atoms with Crippen LogP contribution in [0.15, 0.2) is 23.1 Å². The molecule has 0 unspecified atom stereocenters. The van der Waals surface area contributed by atoms with E-state index in [-0.39, 0.29) is 18.0 Å². The van der Waals surface area contributed by atoms with Gasteiger partial charge in [0.2, 0.25) is 10.0 Å². The molecule has 2 N–H and O–H groups in total. The molecule has 1 aromatic rings. The third-order valence-corrected chi connectivity index (χ3v) is 3.88. The fraction of sp³-hybridized carbons (Fsp3) is 0.500. The highest BCUT2D eigenvalue weighted by Gasteiger charge is 2.18. The Morgan fingerprint density at radius 1 is 1.37 bits per heavy atom. The van der Waals surface area contributed by atoms with Gasteiger partial charge in [0.1, 0.15) is 10.7 Å². The van der Waals surface area contributed by atoms with Crippen molar-refractivity contribution >= 4 is 10.0 Å². The van der Waals surface area contributed by atoms with Crippen LogP contribution in [0.3, 0.4) is 0 Å². The lowest BCUT2D eigenvalue weighted by atomic mass is 10.2. The molecule has 0 heterocycles. The first-order valence-corrected chi connectivity index (χ1v) is 7.50. The van der Waals surface area contributed by atoms with Crippen LogP contribution in [0.2, 0.25) is 0 Å². The Hall–Kier alpha value is -1.02. The van der Waals surface area contributed by atoms with Gasteiger partial charge in [0.15, 0.2) is 0 Å². The molecule has 0 aliphatic heterocycles. The number of ether oxygens (including phenoxy) is 1. The third kappa shape index (κ3) is 4.87. The van der Waals surface area contributed by atoms with Gasteiger partial charge >= 0.3 is 0 Å². The minimum absolute atomic E-state index is 0.117. The number of sulfonamides is 1. The minimum Gasteiger partial charge on any atom is -0.380 e. The smallest absolute Gasteiger partial charge is 0.243 e. The molecule has 0 aliphatic carbocycles. The zero-order valence-electron chi connectivity index (χ0n) is 11.1. The third-order valence-electron chi connectivity index (χ3n) is 2.41. The highest BCUT2D eigenvalue weighted by atomic mass is 32.2. The van der Waals surface area contributed by atoms with Crippen LogP contribution < -0.4 is 10.0 Å². The molecule has 0 atom stereocenters. The lowest BCUT2D eigenvalue weighted by molar-refractivity contribution is 0.153. The Balaban J connectivity index is 2.84. The first-order chi connectivity index (χ1) is 9.01. The first-order valence-electron chi connectivity index (χ1n) is 6.01. The van der Waals surface area contributed by atoms with Gasteiger partial charge in [-0.2, -0.15) is 0 Å². The van der Waals surface area contributed by atoms with E-state index in [9.17, 15) is 12.8 Å². The topological polar surface area (TPSA) is 67.4 Å². The van der Waals surface area contributed by atoms with Gasteiger partial charge in [0.25, 0.3) is 0 Å². The van der Waals surface area contributed by atoms with Crippen LogP contribution >= 0.6 is 0 Å². The van der Waals surface area contributed by atoms with Gasteiger partial charge in [-0.15, -0.1) is 0 Å². The van der Waals surface area contributed by atoms with Crippen LogP contribution in [0.1, 0.15) is 12.5 Å². The summed E-state index contributed by atoms with van der Waals surface area (Å²) in [7, 11) is -2.11. The molecule has 0 amide bonds. The highest BCUT2D eigenvalue weighted by molar-refractivity contribution is 7.89. The second-order valence-electron chi connectivity index (χ2n) is 3.89. The predicted molar refractivity (Wildman–Crippen MR) is 70.8 cm³/mol. The standard InChI is InChI=1S/C12H19FN2O3S/c1-3-18-7-6-15-19(16,17)12-8-10(9-14-2)4-5-11(12)13/h4-5,8,14-15H,3,6-7,9H2,1-2H3. The Kier molecular flexibility index (Phi) is 6.36. The number of nitrogens with one attached hydrogen (secondary N) is 2. The molecular formula is C12H19FN2O3S.